The van der Waals surface area contributed by atoms with E-state index >= 15 is 0 Å². The number of aryl methyl sites for hydroxylation is 2. The molecule has 0 saturated carbocycles. The summed E-state index contributed by atoms with van der Waals surface area (Å²) >= 11 is 0. The van der Waals surface area contributed by atoms with Crippen molar-refractivity contribution in [1.29, 1.82) is 0 Å². The second-order valence-corrected chi connectivity index (χ2v) is 3.61. The Balaban J connectivity index is 2.84. The number of hydrogen-bond donors (Lipinski definition) is 1. The van der Waals surface area contributed by atoms with Crippen LogP contribution in [0.2, 0.25) is 0 Å². The number of benzene rings is 1. The van der Waals surface area contributed by atoms with Gasteiger partial charge in [0.25, 0.3) is 0 Å². The van der Waals surface area contributed by atoms with E-state index in [1.807, 2.05) is 19.9 Å². The third kappa shape index (κ3) is 1.21. The van der Waals surface area contributed by atoms with Crippen LogP contribution in [0.15, 0.2) is 16.9 Å². The molecule has 3 nitrogen and oxygen atoms in total. The SMILES string of the molecule is Cc1cc(C(C)O)c2ocnc2c1C. The minimum Gasteiger partial charge on any atom is -0.443 e. The Morgan fingerprint density at radius 3 is 2.79 bits per heavy atom. The van der Waals surface area contributed by atoms with E-state index in [2.05, 4.69) is 4.98 Å². The van der Waals surface area contributed by atoms with Crippen molar-refractivity contribution >= 4 is 11.1 Å². The van der Waals surface area contributed by atoms with E-state index in [4.69, 9.17) is 4.42 Å². The Labute approximate surface area is 82.4 Å². The summed E-state index contributed by atoms with van der Waals surface area (Å²) in [6.07, 6.45) is 0.896. The molecule has 0 saturated heterocycles. The maximum Gasteiger partial charge on any atom is 0.182 e. The molecule has 2 aromatic rings. The molecule has 1 unspecified atom stereocenters. The molecular weight excluding hydrogens is 178 g/mol. The molecule has 0 amide bonds. The zero-order chi connectivity index (χ0) is 10.3. The zero-order valence-electron chi connectivity index (χ0n) is 8.53. The Morgan fingerprint density at radius 2 is 2.14 bits per heavy atom. The third-order valence-corrected chi connectivity index (χ3v) is 2.60. The van der Waals surface area contributed by atoms with Gasteiger partial charge in [-0.2, -0.15) is 0 Å². The van der Waals surface area contributed by atoms with Crippen LogP contribution in [-0.2, 0) is 0 Å². The number of aliphatic hydroxyl groups is 1. The van der Waals surface area contributed by atoms with Crippen LogP contribution >= 0.6 is 0 Å². The van der Waals surface area contributed by atoms with Crippen LogP contribution in [0.1, 0.15) is 29.7 Å². The van der Waals surface area contributed by atoms with E-state index in [1.165, 1.54) is 6.39 Å². The summed E-state index contributed by atoms with van der Waals surface area (Å²) in [6.45, 7) is 5.74. The lowest BCUT2D eigenvalue weighted by Gasteiger charge is -2.08. The Bertz CT molecular complexity index is 471. The number of rotatable bonds is 1. The van der Waals surface area contributed by atoms with Crippen molar-refractivity contribution in [2.45, 2.75) is 26.9 Å². The summed E-state index contributed by atoms with van der Waals surface area (Å²) in [4.78, 5) is 4.14. The van der Waals surface area contributed by atoms with E-state index in [0.29, 0.717) is 5.58 Å². The van der Waals surface area contributed by atoms with Crippen LogP contribution in [0, 0.1) is 13.8 Å². The van der Waals surface area contributed by atoms with Crippen molar-refractivity contribution in [2.24, 2.45) is 0 Å². The average molecular weight is 191 g/mol. The summed E-state index contributed by atoms with van der Waals surface area (Å²) in [6, 6.07) is 1.95. The van der Waals surface area contributed by atoms with Crippen molar-refractivity contribution in [2.75, 3.05) is 0 Å². The van der Waals surface area contributed by atoms with E-state index in [-0.39, 0.29) is 0 Å². The second kappa shape index (κ2) is 3.10. The number of aromatic nitrogens is 1. The summed E-state index contributed by atoms with van der Waals surface area (Å²) in [5, 5.41) is 9.57. The largest absolute Gasteiger partial charge is 0.443 e. The van der Waals surface area contributed by atoms with Gasteiger partial charge in [0.1, 0.15) is 5.52 Å². The lowest BCUT2D eigenvalue weighted by molar-refractivity contribution is 0.199. The van der Waals surface area contributed by atoms with Crippen molar-refractivity contribution < 1.29 is 9.52 Å². The predicted molar refractivity (Wildman–Crippen MR) is 54.1 cm³/mol. The van der Waals surface area contributed by atoms with Gasteiger partial charge in [0, 0.05) is 5.56 Å². The molecule has 74 valence electrons. The van der Waals surface area contributed by atoms with Crippen molar-refractivity contribution in [1.82, 2.24) is 4.98 Å². The fourth-order valence-electron chi connectivity index (χ4n) is 1.62. The van der Waals surface area contributed by atoms with Crippen LogP contribution < -0.4 is 0 Å². The Kier molecular flexibility index (Phi) is 2.04. The van der Waals surface area contributed by atoms with Gasteiger partial charge in [-0.15, -0.1) is 0 Å². The average Bonchev–Trinajstić information content (AvgIpc) is 2.59. The molecule has 0 bridgehead atoms. The topological polar surface area (TPSA) is 46.3 Å². The molecule has 0 radical (unpaired) electrons. The molecule has 3 heteroatoms. The number of fused-ring (bicyclic) bond motifs is 1. The van der Waals surface area contributed by atoms with Gasteiger partial charge >= 0.3 is 0 Å². The standard InChI is InChI=1S/C11H13NO2/c1-6-4-9(8(3)13)11-10(7(6)2)12-5-14-11/h4-5,8,13H,1-3H3. The molecule has 14 heavy (non-hydrogen) atoms. The Hall–Kier alpha value is -1.35. The quantitative estimate of drug-likeness (QED) is 0.753. The second-order valence-electron chi connectivity index (χ2n) is 3.61. The number of aliphatic hydroxyl groups excluding tert-OH is 1. The number of nitrogens with zero attached hydrogens (tertiary/aromatic N) is 1. The highest BCUT2D eigenvalue weighted by Crippen LogP contribution is 2.28. The van der Waals surface area contributed by atoms with E-state index in [0.717, 1.165) is 22.2 Å². The highest BCUT2D eigenvalue weighted by molar-refractivity contribution is 5.81. The maximum atomic E-state index is 9.57. The Morgan fingerprint density at radius 1 is 1.43 bits per heavy atom. The van der Waals surface area contributed by atoms with Crippen molar-refractivity contribution in [3.8, 4) is 0 Å². The fraction of sp³-hybridized carbons (Fsp3) is 0.364. The van der Waals surface area contributed by atoms with Gasteiger partial charge in [-0.05, 0) is 38.0 Å². The summed E-state index contributed by atoms with van der Waals surface area (Å²) in [5.41, 5.74) is 4.59. The summed E-state index contributed by atoms with van der Waals surface area (Å²) < 4.78 is 5.28. The van der Waals surface area contributed by atoms with Crippen molar-refractivity contribution in [3.63, 3.8) is 0 Å². The molecule has 0 spiro atoms. The molecule has 1 heterocycles. The minimum absolute atomic E-state index is 0.523. The zero-order valence-corrected chi connectivity index (χ0v) is 8.53. The van der Waals surface area contributed by atoms with Gasteiger partial charge in [-0.3, -0.25) is 0 Å². The van der Waals surface area contributed by atoms with Crippen LogP contribution in [0.5, 0.6) is 0 Å². The van der Waals surface area contributed by atoms with Gasteiger partial charge < -0.3 is 9.52 Å². The molecule has 0 aliphatic heterocycles. The van der Waals surface area contributed by atoms with Crippen LogP contribution in [0.4, 0.5) is 0 Å². The first-order valence-electron chi connectivity index (χ1n) is 4.62. The van der Waals surface area contributed by atoms with Gasteiger partial charge in [-0.25, -0.2) is 4.98 Å². The van der Waals surface area contributed by atoms with Gasteiger partial charge in [0.05, 0.1) is 6.10 Å². The molecule has 1 aromatic carbocycles. The lowest BCUT2D eigenvalue weighted by atomic mass is 10.0. The number of oxazole rings is 1. The minimum atomic E-state index is -0.523. The first kappa shape index (κ1) is 9.21. The molecule has 0 aliphatic rings. The first-order valence-corrected chi connectivity index (χ1v) is 4.62. The molecule has 2 rings (SSSR count). The fourth-order valence-corrected chi connectivity index (χ4v) is 1.62. The molecule has 1 N–H and O–H groups in total. The smallest absolute Gasteiger partial charge is 0.182 e. The summed E-state index contributed by atoms with van der Waals surface area (Å²) in [5.74, 6) is 0. The molecular formula is C11H13NO2. The van der Waals surface area contributed by atoms with Gasteiger partial charge in [0.15, 0.2) is 12.0 Å². The lowest BCUT2D eigenvalue weighted by Crippen LogP contribution is -1.95. The van der Waals surface area contributed by atoms with E-state index in [1.54, 1.807) is 6.92 Å². The number of hydrogen-bond acceptors (Lipinski definition) is 3. The van der Waals surface area contributed by atoms with Crippen LogP contribution in [0.3, 0.4) is 0 Å². The molecule has 0 fully saturated rings. The highest BCUT2D eigenvalue weighted by Gasteiger charge is 2.13. The van der Waals surface area contributed by atoms with Gasteiger partial charge in [0.2, 0.25) is 0 Å². The van der Waals surface area contributed by atoms with Crippen molar-refractivity contribution in [3.05, 3.63) is 29.2 Å². The first-order chi connectivity index (χ1) is 6.61. The van der Waals surface area contributed by atoms with Gasteiger partial charge in [-0.1, -0.05) is 0 Å². The molecule has 1 atom stereocenters. The normalized spacial score (nSPS) is 13.4. The van der Waals surface area contributed by atoms with Crippen LogP contribution in [-0.4, -0.2) is 10.1 Å². The van der Waals surface area contributed by atoms with E-state index < -0.39 is 6.10 Å². The predicted octanol–water partition coefficient (Wildman–Crippen LogP) is 2.50. The molecule has 0 aliphatic carbocycles. The third-order valence-electron chi connectivity index (χ3n) is 2.60. The monoisotopic (exact) mass is 191 g/mol. The van der Waals surface area contributed by atoms with E-state index in [9.17, 15) is 5.11 Å². The summed E-state index contributed by atoms with van der Waals surface area (Å²) in [7, 11) is 0. The molecule has 1 aromatic heterocycles. The van der Waals surface area contributed by atoms with Crippen LogP contribution in [0.25, 0.3) is 11.1 Å². The maximum absolute atomic E-state index is 9.57. The highest BCUT2D eigenvalue weighted by atomic mass is 16.3.